The summed E-state index contributed by atoms with van der Waals surface area (Å²) in [5, 5.41) is 0. The van der Waals surface area contributed by atoms with Crippen molar-refractivity contribution < 1.29 is 4.74 Å². The van der Waals surface area contributed by atoms with Gasteiger partial charge in [0.15, 0.2) is 0 Å². The van der Waals surface area contributed by atoms with Crippen LogP contribution in [0.4, 0.5) is 0 Å². The molecule has 0 spiro atoms. The topological polar surface area (TPSA) is 35.2 Å². The summed E-state index contributed by atoms with van der Waals surface area (Å²) in [6, 6.07) is 8.63. The molecule has 0 bridgehead atoms. The average Bonchev–Trinajstić information content (AvgIpc) is 2.77. The maximum atomic E-state index is 6.47. The van der Waals surface area contributed by atoms with Gasteiger partial charge in [-0.2, -0.15) is 0 Å². The molecular formula is C18H29NO. The number of benzene rings is 1. The van der Waals surface area contributed by atoms with E-state index in [1.54, 1.807) is 0 Å². The Bertz CT molecular complexity index is 366. The van der Waals surface area contributed by atoms with Crippen molar-refractivity contribution >= 4 is 0 Å². The van der Waals surface area contributed by atoms with Crippen molar-refractivity contribution in [3.8, 4) is 5.75 Å². The molecule has 1 fully saturated rings. The Morgan fingerprint density at radius 3 is 2.35 bits per heavy atom. The van der Waals surface area contributed by atoms with Gasteiger partial charge in [-0.1, -0.05) is 51.2 Å². The summed E-state index contributed by atoms with van der Waals surface area (Å²) in [5.74, 6) is 1.62. The molecular weight excluding hydrogens is 246 g/mol. The maximum Gasteiger partial charge on any atom is 0.119 e. The summed E-state index contributed by atoms with van der Waals surface area (Å²) in [6.07, 6.45) is 10.3. The second kappa shape index (κ2) is 8.31. The van der Waals surface area contributed by atoms with Gasteiger partial charge in [0.25, 0.3) is 0 Å². The minimum atomic E-state index is 0.192. The number of unbranched alkanes of at least 4 members (excludes halogenated alkanes) is 1. The van der Waals surface area contributed by atoms with Crippen molar-refractivity contribution in [2.75, 3.05) is 6.61 Å². The molecule has 0 aliphatic heterocycles. The fraction of sp³-hybridized carbons (Fsp3) is 0.667. The Kier molecular flexibility index (Phi) is 6.38. The van der Waals surface area contributed by atoms with E-state index in [2.05, 4.69) is 31.2 Å². The Balaban J connectivity index is 1.90. The number of ether oxygens (including phenoxy) is 1. The van der Waals surface area contributed by atoms with E-state index in [1.165, 1.54) is 50.5 Å². The third kappa shape index (κ3) is 4.52. The van der Waals surface area contributed by atoms with Crippen LogP contribution in [0.5, 0.6) is 5.75 Å². The molecule has 2 heteroatoms. The molecule has 2 rings (SSSR count). The van der Waals surface area contributed by atoms with Crippen molar-refractivity contribution in [2.24, 2.45) is 11.7 Å². The molecule has 1 aromatic carbocycles. The molecule has 1 atom stereocenters. The van der Waals surface area contributed by atoms with Gasteiger partial charge < -0.3 is 10.5 Å². The Labute approximate surface area is 123 Å². The van der Waals surface area contributed by atoms with Gasteiger partial charge in [-0.3, -0.25) is 0 Å². The monoisotopic (exact) mass is 275 g/mol. The third-order valence-corrected chi connectivity index (χ3v) is 4.44. The lowest BCUT2D eigenvalue weighted by Crippen LogP contribution is -2.21. The van der Waals surface area contributed by atoms with Crippen LogP contribution in [0.2, 0.25) is 0 Å². The first kappa shape index (κ1) is 15.4. The summed E-state index contributed by atoms with van der Waals surface area (Å²) < 4.78 is 5.71. The molecule has 112 valence electrons. The van der Waals surface area contributed by atoms with Crippen molar-refractivity contribution in [3.63, 3.8) is 0 Å². The van der Waals surface area contributed by atoms with Gasteiger partial charge in [0.2, 0.25) is 0 Å². The normalized spacial score (nSPS) is 18.5. The minimum Gasteiger partial charge on any atom is -0.494 e. The first-order valence-electron chi connectivity index (χ1n) is 8.29. The number of hydrogen-bond donors (Lipinski definition) is 1. The standard InChI is InChI=1S/C18H29NO/c1-2-3-14-20-17-12-10-16(11-13-17)18(19)15-8-6-4-5-7-9-15/h10-13,15,18H,2-9,14,19H2,1H3. The SMILES string of the molecule is CCCCOc1ccc(C(N)C2CCCCCC2)cc1. The lowest BCUT2D eigenvalue weighted by molar-refractivity contribution is 0.309. The average molecular weight is 275 g/mol. The van der Waals surface area contributed by atoms with Crippen LogP contribution in [0, 0.1) is 5.92 Å². The van der Waals surface area contributed by atoms with Gasteiger partial charge in [-0.05, 0) is 42.9 Å². The van der Waals surface area contributed by atoms with Gasteiger partial charge in [0, 0.05) is 6.04 Å². The minimum absolute atomic E-state index is 0.192. The van der Waals surface area contributed by atoms with E-state index in [1.807, 2.05) is 0 Å². The molecule has 0 saturated heterocycles. The van der Waals surface area contributed by atoms with E-state index >= 15 is 0 Å². The first-order valence-corrected chi connectivity index (χ1v) is 8.29. The molecule has 1 aliphatic carbocycles. The summed E-state index contributed by atoms with van der Waals surface area (Å²) in [5.41, 5.74) is 7.73. The molecule has 2 N–H and O–H groups in total. The van der Waals surface area contributed by atoms with Crippen LogP contribution in [0.25, 0.3) is 0 Å². The van der Waals surface area contributed by atoms with Crippen LogP contribution in [-0.2, 0) is 0 Å². The highest BCUT2D eigenvalue weighted by atomic mass is 16.5. The largest absolute Gasteiger partial charge is 0.494 e. The lowest BCUT2D eigenvalue weighted by atomic mass is 9.88. The quantitative estimate of drug-likeness (QED) is 0.596. The summed E-state index contributed by atoms with van der Waals surface area (Å²) >= 11 is 0. The predicted molar refractivity (Wildman–Crippen MR) is 85.0 cm³/mol. The summed E-state index contributed by atoms with van der Waals surface area (Å²) in [4.78, 5) is 0. The van der Waals surface area contributed by atoms with Crippen molar-refractivity contribution in [1.82, 2.24) is 0 Å². The zero-order valence-corrected chi connectivity index (χ0v) is 12.8. The van der Waals surface area contributed by atoms with Crippen LogP contribution in [0.3, 0.4) is 0 Å². The maximum absolute atomic E-state index is 6.47. The van der Waals surface area contributed by atoms with Gasteiger partial charge in [-0.25, -0.2) is 0 Å². The molecule has 1 unspecified atom stereocenters. The van der Waals surface area contributed by atoms with E-state index in [-0.39, 0.29) is 6.04 Å². The molecule has 1 saturated carbocycles. The van der Waals surface area contributed by atoms with Crippen molar-refractivity contribution in [1.29, 1.82) is 0 Å². The molecule has 20 heavy (non-hydrogen) atoms. The van der Waals surface area contributed by atoms with Crippen LogP contribution in [0.15, 0.2) is 24.3 Å². The Morgan fingerprint density at radius 2 is 1.75 bits per heavy atom. The summed E-state index contributed by atoms with van der Waals surface area (Å²) in [7, 11) is 0. The van der Waals surface area contributed by atoms with E-state index < -0.39 is 0 Å². The van der Waals surface area contributed by atoms with Crippen molar-refractivity contribution in [2.45, 2.75) is 64.3 Å². The van der Waals surface area contributed by atoms with Crippen LogP contribution in [0.1, 0.15) is 69.9 Å². The fourth-order valence-corrected chi connectivity index (χ4v) is 3.06. The Morgan fingerprint density at radius 1 is 1.10 bits per heavy atom. The van der Waals surface area contributed by atoms with Gasteiger partial charge in [0.1, 0.15) is 5.75 Å². The highest BCUT2D eigenvalue weighted by Gasteiger charge is 2.20. The lowest BCUT2D eigenvalue weighted by Gasteiger charge is -2.23. The number of hydrogen-bond acceptors (Lipinski definition) is 2. The van der Waals surface area contributed by atoms with Crippen LogP contribution >= 0.6 is 0 Å². The Hall–Kier alpha value is -1.02. The fourth-order valence-electron chi connectivity index (χ4n) is 3.06. The molecule has 1 aromatic rings. The zero-order valence-electron chi connectivity index (χ0n) is 12.8. The first-order chi connectivity index (χ1) is 9.81. The van der Waals surface area contributed by atoms with Gasteiger partial charge in [0.05, 0.1) is 6.61 Å². The summed E-state index contributed by atoms with van der Waals surface area (Å²) in [6.45, 7) is 2.99. The highest BCUT2D eigenvalue weighted by molar-refractivity contribution is 5.29. The van der Waals surface area contributed by atoms with E-state index in [0.717, 1.165) is 18.8 Å². The van der Waals surface area contributed by atoms with Gasteiger partial charge in [-0.15, -0.1) is 0 Å². The highest BCUT2D eigenvalue weighted by Crippen LogP contribution is 2.32. The molecule has 0 radical (unpaired) electrons. The molecule has 0 heterocycles. The molecule has 1 aliphatic rings. The third-order valence-electron chi connectivity index (χ3n) is 4.44. The molecule has 0 aromatic heterocycles. The number of nitrogens with two attached hydrogens (primary N) is 1. The van der Waals surface area contributed by atoms with Gasteiger partial charge >= 0.3 is 0 Å². The van der Waals surface area contributed by atoms with E-state index in [4.69, 9.17) is 10.5 Å². The molecule has 2 nitrogen and oxygen atoms in total. The second-order valence-electron chi connectivity index (χ2n) is 6.05. The van der Waals surface area contributed by atoms with Crippen molar-refractivity contribution in [3.05, 3.63) is 29.8 Å². The van der Waals surface area contributed by atoms with Crippen LogP contribution in [-0.4, -0.2) is 6.61 Å². The molecule has 0 amide bonds. The zero-order chi connectivity index (χ0) is 14.2. The second-order valence-corrected chi connectivity index (χ2v) is 6.05. The predicted octanol–water partition coefficient (Wildman–Crippen LogP) is 4.84. The van der Waals surface area contributed by atoms with Crippen LogP contribution < -0.4 is 10.5 Å². The number of rotatable bonds is 6. The smallest absolute Gasteiger partial charge is 0.119 e. The van der Waals surface area contributed by atoms with E-state index in [9.17, 15) is 0 Å². The van der Waals surface area contributed by atoms with E-state index in [0.29, 0.717) is 5.92 Å².